The summed E-state index contributed by atoms with van der Waals surface area (Å²) in [5, 5.41) is 3.10. The van der Waals surface area contributed by atoms with Crippen molar-refractivity contribution in [2.45, 2.75) is 12.6 Å². The van der Waals surface area contributed by atoms with Crippen LogP contribution in [0.15, 0.2) is 60.9 Å². The second-order valence-electron chi connectivity index (χ2n) is 7.40. The van der Waals surface area contributed by atoms with Crippen LogP contribution < -0.4 is 5.32 Å². The number of nitrogens with zero attached hydrogens (tertiary/aromatic N) is 3. The summed E-state index contributed by atoms with van der Waals surface area (Å²) in [6.07, 6.45) is 3.51. The summed E-state index contributed by atoms with van der Waals surface area (Å²) in [6, 6.07) is 13.3. The Kier molecular flexibility index (Phi) is 6.21. The Morgan fingerprint density at radius 1 is 1.17 bits per heavy atom. The Bertz CT molecular complexity index is 996. The molecule has 1 saturated heterocycles. The number of morpholine rings is 1. The molecule has 0 aliphatic carbocycles. The highest BCUT2D eigenvalue weighted by Gasteiger charge is 2.23. The fourth-order valence-electron chi connectivity index (χ4n) is 3.70. The summed E-state index contributed by atoms with van der Waals surface area (Å²) in [5.74, 6) is 0.177. The van der Waals surface area contributed by atoms with Gasteiger partial charge in [-0.2, -0.15) is 0 Å². The first-order chi connectivity index (χ1) is 14.6. The Hall–Kier alpha value is -3.03. The Morgan fingerprint density at radius 3 is 2.60 bits per heavy atom. The predicted molar refractivity (Wildman–Crippen MR) is 111 cm³/mol. The van der Waals surface area contributed by atoms with Crippen molar-refractivity contribution >= 4 is 5.91 Å². The van der Waals surface area contributed by atoms with Crippen LogP contribution in [0.1, 0.15) is 33.4 Å². The van der Waals surface area contributed by atoms with Crippen LogP contribution in [0.4, 0.5) is 4.39 Å². The summed E-state index contributed by atoms with van der Waals surface area (Å²) in [5.41, 5.74) is 2.37. The standard InChI is InChI=1S/C23H25FN4O2/c1-27-11-10-25-22(27)21(17-6-8-19(24)9-7-17)26-23(29)20-5-3-2-4-18(20)16-28-12-14-30-15-13-28/h2-11,21H,12-16H2,1H3,(H,26,29). The number of aromatic nitrogens is 2. The highest BCUT2D eigenvalue weighted by Crippen LogP contribution is 2.22. The fourth-order valence-corrected chi connectivity index (χ4v) is 3.70. The van der Waals surface area contributed by atoms with Gasteiger partial charge in [-0.1, -0.05) is 30.3 Å². The van der Waals surface area contributed by atoms with E-state index in [9.17, 15) is 9.18 Å². The van der Waals surface area contributed by atoms with E-state index in [0.717, 1.165) is 24.2 Å². The maximum atomic E-state index is 13.5. The molecule has 1 atom stereocenters. The van der Waals surface area contributed by atoms with E-state index in [0.29, 0.717) is 31.1 Å². The SMILES string of the molecule is Cn1ccnc1C(NC(=O)c1ccccc1CN1CCOCC1)c1ccc(F)cc1. The van der Waals surface area contributed by atoms with E-state index in [1.807, 2.05) is 42.1 Å². The molecule has 2 heterocycles. The molecule has 1 N–H and O–H groups in total. The molecule has 6 nitrogen and oxygen atoms in total. The molecule has 4 rings (SSSR count). The molecule has 0 radical (unpaired) electrons. The average molecular weight is 408 g/mol. The summed E-state index contributed by atoms with van der Waals surface area (Å²) in [6.45, 7) is 3.81. The molecule has 1 aliphatic heterocycles. The van der Waals surface area contributed by atoms with Crippen LogP contribution in [0.3, 0.4) is 0 Å². The van der Waals surface area contributed by atoms with Gasteiger partial charge in [-0.3, -0.25) is 9.69 Å². The number of aryl methyl sites for hydroxylation is 1. The van der Waals surface area contributed by atoms with Crippen LogP contribution in [0, 0.1) is 5.82 Å². The lowest BCUT2D eigenvalue weighted by Crippen LogP contribution is -2.37. The number of hydrogen-bond donors (Lipinski definition) is 1. The zero-order chi connectivity index (χ0) is 20.9. The summed E-state index contributed by atoms with van der Waals surface area (Å²) in [7, 11) is 1.87. The minimum Gasteiger partial charge on any atom is -0.379 e. The van der Waals surface area contributed by atoms with E-state index in [1.165, 1.54) is 12.1 Å². The van der Waals surface area contributed by atoms with Gasteiger partial charge in [0.25, 0.3) is 5.91 Å². The monoisotopic (exact) mass is 408 g/mol. The maximum Gasteiger partial charge on any atom is 0.252 e. The lowest BCUT2D eigenvalue weighted by atomic mass is 10.0. The number of halogens is 1. The summed E-state index contributed by atoms with van der Waals surface area (Å²) < 4.78 is 20.7. The molecule has 0 spiro atoms. The normalized spacial score (nSPS) is 15.7. The van der Waals surface area contributed by atoms with Gasteiger partial charge in [-0.05, 0) is 29.3 Å². The minimum absolute atomic E-state index is 0.184. The number of nitrogens with one attached hydrogen (secondary N) is 1. The van der Waals surface area contributed by atoms with Crippen molar-refractivity contribution in [2.24, 2.45) is 7.05 Å². The Labute approximate surface area is 175 Å². The Morgan fingerprint density at radius 2 is 1.90 bits per heavy atom. The molecule has 7 heteroatoms. The van der Waals surface area contributed by atoms with Crippen molar-refractivity contribution in [3.8, 4) is 0 Å². The van der Waals surface area contributed by atoms with Crippen molar-refractivity contribution in [3.63, 3.8) is 0 Å². The Balaban J connectivity index is 1.60. The molecule has 156 valence electrons. The minimum atomic E-state index is -0.491. The van der Waals surface area contributed by atoms with Gasteiger partial charge in [0.15, 0.2) is 0 Å². The molecule has 1 amide bonds. The zero-order valence-corrected chi connectivity index (χ0v) is 16.9. The first-order valence-corrected chi connectivity index (χ1v) is 10.0. The lowest BCUT2D eigenvalue weighted by Gasteiger charge is -2.27. The topological polar surface area (TPSA) is 59.4 Å². The van der Waals surface area contributed by atoms with E-state index in [4.69, 9.17) is 4.74 Å². The molecule has 1 fully saturated rings. The molecule has 1 aliphatic rings. The van der Waals surface area contributed by atoms with Crippen molar-refractivity contribution in [2.75, 3.05) is 26.3 Å². The molecular formula is C23H25FN4O2. The average Bonchev–Trinajstić information content (AvgIpc) is 3.19. The van der Waals surface area contributed by atoms with E-state index in [2.05, 4.69) is 15.2 Å². The molecule has 2 aromatic carbocycles. The van der Waals surface area contributed by atoms with Crippen LogP contribution in [0.25, 0.3) is 0 Å². The van der Waals surface area contributed by atoms with E-state index < -0.39 is 6.04 Å². The van der Waals surface area contributed by atoms with Gasteiger partial charge in [0.05, 0.1) is 13.2 Å². The van der Waals surface area contributed by atoms with Gasteiger partial charge in [0.1, 0.15) is 17.7 Å². The molecule has 0 bridgehead atoms. The van der Waals surface area contributed by atoms with Gasteiger partial charge < -0.3 is 14.6 Å². The van der Waals surface area contributed by atoms with Crippen molar-refractivity contribution < 1.29 is 13.9 Å². The quantitative estimate of drug-likeness (QED) is 0.681. The number of amides is 1. The van der Waals surface area contributed by atoms with Crippen molar-refractivity contribution in [3.05, 3.63) is 89.3 Å². The van der Waals surface area contributed by atoms with Gasteiger partial charge in [0, 0.05) is 44.6 Å². The number of carbonyl (C=O) groups excluding carboxylic acids is 1. The highest BCUT2D eigenvalue weighted by molar-refractivity contribution is 5.96. The molecule has 3 aromatic rings. The third-order valence-corrected chi connectivity index (χ3v) is 5.36. The first-order valence-electron chi connectivity index (χ1n) is 10.0. The fraction of sp³-hybridized carbons (Fsp3) is 0.304. The van der Waals surface area contributed by atoms with Gasteiger partial charge in [-0.15, -0.1) is 0 Å². The second-order valence-corrected chi connectivity index (χ2v) is 7.40. The number of ether oxygens (including phenoxy) is 1. The third-order valence-electron chi connectivity index (χ3n) is 5.36. The summed E-state index contributed by atoms with van der Waals surface area (Å²) >= 11 is 0. The van der Waals surface area contributed by atoms with Gasteiger partial charge >= 0.3 is 0 Å². The lowest BCUT2D eigenvalue weighted by molar-refractivity contribution is 0.0340. The van der Waals surface area contributed by atoms with E-state index >= 15 is 0 Å². The molecule has 1 aromatic heterocycles. The van der Waals surface area contributed by atoms with E-state index in [-0.39, 0.29) is 11.7 Å². The number of hydrogen-bond acceptors (Lipinski definition) is 4. The second kappa shape index (κ2) is 9.19. The van der Waals surface area contributed by atoms with Crippen molar-refractivity contribution in [1.82, 2.24) is 19.8 Å². The summed E-state index contributed by atoms with van der Waals surface area (Å²) in [4.78, 5) is 20.0. The van der Waals surface area contributed by atoms with Gasteiger partial charge in [-0.25, -0.2) is 9.37 Å². The highest BCUT2D eigenvalue weighted by atomic mass is 19.1. The van der Waals surface area contributed by atoms with Crippen LogP contribution in [0.5, 0.6) is 0 Å². The smallest absolute Gasteiger partial charge is 0.252 e. The molecule has 1 unspecified atom stereocenters. The molecular weight excluding hydrogens is 383 g/mol. The van der Waals surface area contributed by atoms with Crippen LogP contribution in [-0.4, -0.2) is 46.7 Å². The largest absolute Gasteiger partial charge is 0.379 e. The zero-order valence-electron chi connectivity index (χ0n) is 16.9. The van der Waals surface area contributed by atoms with E-state index in [1.54, 1.807) is 18.3 Å². The number of benzene rings is 2. The van der Waals surface area contributed by atoms with Gasteiger partial charge in [0.2, 0.25) is 0 Å². The van der Waals surface area contributed by atoms with Crippen molar-refractivity contribution in [1.29, 1.82) is 0 Å². The van der Waals surface area contributed by atoms with Crippen LogP contribution >= 0.6 is 0 Å². The first kappa shape index (κ1) is 20.3. The third kappa shape index (κ3) is 4.58. The predicted octanol–water partition coefficient (Wildman–Crippen LogP) is 2.91. The number of carbonyl (C=O) groups is 1. The maximum absolute atomic E-state index is 13.5. The van der Waals surface area contributed by atoms with Crippen LogP contribution in [0.2, 0.25) is 0 Å². The molecule has 30 heavy (non-hydrogen) atoms. The molecule has 0 saturated carbocycles. The number of rotatable bonds is 6. The van der Waals surface area contributed by atoms with Crippen LogP contribution in [-0.2, 0) is 18.3 Å². The number of imidazole rings is 1.